The Kier molecular flexibility index (Phi) is 4.86. The molecule has 0 atom stereocenters. The predicted molar refractivity (Wildman–Crippen MR) is 104 cm³/mol. The molecular formula is C21H31N5. The van der Waals surface area contributed by atoms with E-state index < -0.39 is 0 Å². The number of nitrogens with zero attached hydrogens (tertiary/aromatic N) is 5. The lowest BCUT2D eigenvalue weighted by Crippen LogP contribution is -2.42. The molecule has 5 nitrogen and oxygen atoms in total. The molecule has 0 aromatic carbocycles. The summed E-state index contributed by atoms with van der Waals surface area (Å²) in [6.07, 6.45) is 7.59. The fraction of sp³-hybridized carbons (Fsp3) is 0.619. The average Bonchev–Trinajstić information content (AvgIpc) is 2.75. The maximum absolute atomic E-state index is 5.13. The number of fused-ring (bicyclic) bond motifs is 3. The van der Waals surface area contributed by atoms with Gasteiger partial charge in [-0.3, -0.25) is 14.9 Å². The van der Waals surface area contributed by atoms with Crippen LogP contribution in [0.25, 0.3) is 0 Å². The highest BCUT2D eigenvalue weighted by Crippen LogP contribution is 2.46. The summed E-state index contributed by atoms with van der Waals surface area (Å²) >= 11 is 0. The molecular weight excluding hydrogens is 322 g/mol. The summed E-state index contributed by atoms with van der Waals surface area (Å²) in [6, 6.07) is 0. The summed E-state index contributed by atoms with van der Waals surface area (Å²) < 4.78 is 0. The summed E-state index contributed by atoms with van der Waals surface area (Å²) in [7, 11) is 2.17. The van der Waals surface area contributed by atoms with Crippen LogP contribution in [0.3, 0.4) is 0 Å². The Hall–Kier alpha value is -1.88. The molecule has 0 radical (unpaired) electrons. The quantitative estimate of drug-likeness (QED) is 0.724. The molecule has 0 amide bonds. The molecule has 0 spiro atoms. The van der Waals surface area contributed by atoms with Gasteiger partial charge in [-0.15, -0.1) is 0 Å². The fourth-order valence-electron chi connectivity index (χ4n) is 4.10. The number of aryl methyl sites for hydroxylation is 4. The van der Waals surface area contributed by atoms with Crippen LogP contribution in [-0.2, 0) is 36.8 Å². The normalized spacial score (nSPS) is 20.0. The van der Waals surface area contributed by atoms with Gasteiger partial charge in [-0.2, -0.15) is 10.2 Å². The summed E-state index contributed by atoms with van der Waals surface area (Å²) in [5, 5.41) is 8.09. The summed E-state index contributed by atoms with van der Waals surface area (Å²) in [6.45, 7) is 13.0. The third kappa shape index (κ3) is 2.82. The van der Waals surface area contributed by atoms with Gasteiger partial charge >= 0.3 is 0 Å². The lowest BCUT2D eigenvalue weighted by molar-refractivity contribution is 0.0699. The van der Waals surface area contributed by atoms with Crippen molar-refractivity contribution in [2.24, 2.45) is 0 Å². The Balaban J connectivity index is 0.000000948. The van der Waals surface area contributed by atoms with E-state index in [4.69, 9.17) is 9.97 Å². The first-order chi connectivity index (χ1) is 12.3. The second-order valence-corrected chi connectivity index (χ2v) is 8.03. The van der Waals surface area contributed by atoms with Crippen molar-refractivity contribution in [3.8, 4) is 0 Å². The third-order valence-electron chi connectivity index (χ3n) is 6.06. The fourth-order valence-corrected chi connectivity index (χ4v) is 4.10. The first-order valence-corrected chi connectivity index (χ1v) is 9.75. The topological polar surface area (TPSA) is 54.8 Å². The smallest absolute Gasteiger partial charge is 0.0838 e. The minimum absolute atomic E-state index is 0.0907. The van der Waals surface area contributed by atoms with Crippen LogP contribution in [0.2, 0.25) is 0 Å². The van der Waals surface area contributed by atoms with Gasteiger partial charge in [0.2, 0.25) is 0 Å². The van der Waals surface area contributed by atoms with Crippen LogP contribution in [0.1, 0.15) is 75.4 Å². The van der Waals surface area contributed by atoms with E-state index in [2.05, 4.69) is 49.8 Å². The van der Waals surface area contributed by atoms with Crippen LogP contribution in [0, 0.1) is 0 Å². The molecule has 5 heteroatoms. The van der Waals surface area contributed by atoms with Gasteiger partial charge in [0.05, 0.1) is 46.2 Å². The molecule has 1 aliphatic heterocycles. The van der Waals surface area contributed by atoms with E-state index in [1.54, 1.807) is 0 Å². The molecule has 2 aromatic heterocycles. The molecule has 0 bridgehead atoms. The largest absolute Gasteiger partial charge is 0.285 e. The zero-order chi connectivity index (χ0) is 19.1. The molecule has 0 unspecified atom stereocenters. The van der Waals surface area contributed by atoms with Gasteiger partial charge in [-0.05, 0) is 71.6 Å². The number of rotatable bonds is 0. The predicted octanol–water partition coefficient (Wildman–Crippen LogP) is 3.59. The van der Waals surface area contributed by atoms with Crippen molar-refractivity contribution in [1.82, 2.24) is 25.1 Å². The zero-order valence-corrected chi connectivity index (χ0v) is 17.2. The second-order valence-electron chi connectivity index (χ2n) is 8.03. The Labute approximate surface area is 157 Å². The Bertz CT molecular complexity index is 744. The molecule has 2 aromatic rings. The number of aromatic nitrogens is 4. The summed E-state index contributed by atoms with van der Waals surface area (Å²) in [5.74, 6) is 0. The van der Waals surface area contributed by atoms with E-state index in [9.17, 15) is 0 Å². The van der Waals surface area contributed by atoms with E-state index in [0.717, 1.165) is 48.5 Å². The third-order valence-corrected chi connectivity index (χ3v) is 6.06. The van der Waals surface area contributed by atoms with Crippen molar-refractivity contribution in [3.63, 3.8) is 0 Å². The first kappa shape index (κ1) is 18.9. The zero-order valence-electron chi connectivity index (χ0n) is 17.2. The van der Waals surface area contributed by atoms with E-state index >= 15 is 0 Å². The summed E-state index contributed by atoms with van der Waals surface area (Å²) in [4.78, 5) is 12.6. The molecule has 0 N–H and O–H groups in total. The van der Waals surface area contributed by atoms with Crippen molar-refractivity contribution in [1.29, 1.82) is 0 Å². The van der Waals surface area contributed by atoms with Gasteiger partial charge in [-0.1, -0.05) is 13.8 Å². The van der Waals surface area contributed by atoms with E-state index in [1.807, 2.05) is 26.2 Å². The first-order valence-electron chi connectivity index (χ1n) is 9.75. The second kappa shape index (κ2) is 6.69. The minimum Gasteiger partial charge on any atom is -0.285 e. The lowest BCUT2D eigenvalue weighted by Gasteiger charge is -2.36. The van der Waals surface area contributed by atoms with Gasteiger partial charge in [0.1, 0.15) is 0 Å². The van der Waals surface area contributed by atoms with Gasteiger partial charge in [-0.25, -0.2) is 0 Å². The molecule has 2 aliphatic rings. The minimum atomic E-state index is -0.0907. The van der Waals surface area contributed by atoms with Crippen molar-refractivity contribution >= 4 is 0 Å². The van der Waals surface area contributed by atoms with E-state index in [-0.39, 0.29) is 11.1 Å². The molecule has 0 saturated heterocycles. The van der Waals surface area contributed by atoms with Crippen LogP contribution >= 0.6 is 0 Å². The molecule has 4 rings (SSSR count). The maximum atomic E-state index is 5.13. The van der Waals surface area contributed by atoms with E-state index in [1.165, 1.54) is 11.1 Å². The maximum Gasteiger partial charge on any atom is 0.0838 e. The van der Waals surface area contributed by atoms with Gasteiger partial charge in [0, 0.05) is 0 Å². The van der Waals surface area contributed by atoms with Crippen molar-refractivity contribution < 1.29 is 0 Å². The van der Waals surface area contributed by atoms with Crippen LogP contribution in [0.15, 0.2) is 12.4 Å². The number of hydrogen-bond acceptors (Lipinski definition) is 5. The SMILES string of the molecule is CC.CN1C(C)(C)c2nc3c(nc2C1(C)C)CCc1cnncc1CC3. The van der Waals surface area contributed by atoms with Crippen molar-refractivity contribution in [2.75, 3.05) is 7.05 Å². The highest BCUT2D eigenvalue weighted by molar-refractivity contribution is 5.37. The van der Waals surface area contributed by atoms with Crippen molar-refractivity contribution in [3.05, 3.63) is 46.3 Å². The molecule has 0 saturated carbocycles. The highest BCUT2D eigenvalue weighted by Gasteiger charge is 2.49. The van der Waals surface area contributed by atoms with Gasteiger partial charge in [0.25, 0.3) is 0 Å². The summed E-state index contributed by atoms with van der Waals surface area (Å²) in [5.41, 5.74) is 7.03. The molecule has 1 aliphatic carbocycles. The molecule has 0 fully saturated rings. The Morgan fingerprint density at radius 3 is 1.50 bits per heavy atom. The van der Waals surface area contributed by atoms with Crippen LogP contribution in [0.5, 0.6) is 0 Å². The standard InChI is InChI=1S/C19H25N5.C2H6/c1-18(2)16-17(19(3,4)24(18)5)23-15-9-7-13-11-21-20-10-12(13)6-8-14(15)22-16;1-2/h10-11H,6-9H2,1-5H3;1-2H3. The van der Waals surface area contributed by atoms with Crippen LogP contribution < -0.4 is 0 Å². The number of hydrogen-bond donors (Lipinski definition) is 0. The Morgan fingerprint density at radius 2 is 1.12 bits per heavy atom. The molecule has 26 heavy (non-hydrogen) atoms. The monoisotopic (exact) mass is 353 g/mol. The molecule has 140 valence electrons. The van der Waals surface area contributed by atoms with Crippen LogP contribution in [0.4, 0.5) is 0 Å². The average molecular weight is 354 g/mol. The Morgan fingerprint density at radius 1 is 0.731 bits per heavy atom. The highest BCUT2D eigenvalue weighted by atomic mass is 15.3. The lowest BCUT2D eigenvalue weighted by atomic mass is 9.94. The molecule has 3 heterocycles. The van der Waals surface area contributed by atoms with E-state index in [0.29, 0.717) is 0 Å². The van der Waals surface area contributed by atoms with Crippen molar-refractivity contribution in [2.45, 2.75) is 78.3 Å². The van der Waals surface area contributed by atoms with Gasteiger partial charge < -0.3 is 0 Å². The van der Waals surface area contributed by atoms with Crippen LogP contribution in [-0.4, -0.2) is 32.1 Å². The van der Waals surface area contributed by atoms with Gasteiger partial charge in [0.15, 0.2) is 0 Å².